The molecule has 15 heavy (non-hydrogen) atoms. The monoisotopic (exact) mass is 213 g/mol. The predicted molar refractivity (Wildman–Crippen MR) is 65.1 cm³/mol. The van der Waals surface area contributed by atoms with E-state index in [-0.39, 0.29) is 5.54 Å². The highest BCUT2D eigenvalue weighted by molar-refractivity contribution is 4.85. The van der Waals surface area contributed by atoms with Gasteiger partial charge in [0.2, 0.25) is 0 Å². The fourth-order valence-electron chi connectivity index (χ4n) is 2.75. The molecule has 2 unspecified atom stereocenters. The summed E-state index contributed by atoms with van der Waals surface area (Å²) in [4.78, 5) is 0. The van der Waals surface area contributed by atoms with Crippen LogP contribution in [-0.4, -0.2) is 25.3 Å². The van der Waals surface area contributed by atoms with Gasteiger partial charge in [0, 0.05) is 18.7 Å². The largest absolute Gasteiger partial charge is 0.383 e. The summed E-state index contributed by atoms with van der Waals surface area (Å²) in [7, 11) is 1.78. The molecule has 0 heterocycles. The van der Waals surface area contributed by atoms with E-state index in [1.54, 1.807) is 7.11 Å². The molecule has 0 aromatic heterocycles. The first-order valence-corrected chi connectivity index (χ1v) is 6.34. The highest BCUT2D eigenvalue weighted by Gasteiger charge is 2.26. The minimum Gasteiger partial charge on any atom is -0.383 e. The van der Waals surface area contributed by atoms with E-state index < -0.39 is 0 Å². The van der Waals surface area contributed by atoms with Gasteiger partial charge >= 0.3 is 0 Å². The van der Waals surface area contributed by atoms with E-state index in [0.717, 1.165) is 12.5 Å². The third kappa shape index (κ3) is 4.52. The Morgan fingerprint density at radius 1 is 1.33 bits per heavy atom. The van der Waals surface area contributed by atoms with E-state index in [4.69, 9.17) is 4.74 Å². The Kier molecular flexibility index (Phi) is 5.07. The van der Waals surface area contributed by atoms with Crippen LogP contribution in [0.25, 0.3) is 0 Å². The SMILES string of the molecule is CCC1CCCC(NC(C)(C)COC)C1. The second-order valence-electron chi connectivity index (χ2n) is 5.60. The van der Waals surface area contributed by atoms with Crippen LogP contribution in [0, 0.1) is 5.92 Å². The summed E-state index contributed by atoms with van der Waals surface area (Å²) in [5.74, 6) is 0.939. The maximum absolute atomic E-state index is 5.24. The molecule has 1 rings (SSSR count). The number of methoxy groups -OCH3 is 1. The second kappa shape index (κ2) is 5.86. The standard InChI is InChI=1S/C13H27NO/c1-5-11-7-6-8-12(9-11)14-13(2,3)10-15-4/h11-12,14H,5-10H2,1-4H3. The van der Waals surface area contributed by atoms with Gasteiger partial charge in [-0.2, -0.15) is 0 Å². The van der Waals surface area contributed by atoms with Gasteiger partial charge in [-0.15, -0.1) is 0 Å². The first-order chi connectivity index (χ1) is 7.07. The Hall–Kier alpha value is -0.0800. The lowest BCUT2D eigenvalue weighted by molar-refractivity contribution is 0.110. The van der Waals surface area contributed by atoms with Gasteiger partial charge in [0.05, 0.1) is 6.61 Å². The Morgan fingerprint density at radius 2 is 2.07 bits per heavy atom. The van der Waals surface area contributed by atoms with Gasteiger partial charge in [-0.05, 0) is 32.6 Å². The molecular formula is C13H27NO. The first kappa shape index (κ1) is 13.0. The minimum absolute atomic E-state index is 0.120. The van der Waals surface area contributed by atoms with Gasteiger partial charge in [-0.25, -0.2) is 0 Å². The molecule has 0 bridgehead atoms. The zero-order valence-corrected chi connectivity index (χ0v) is 10.8. The van der Waals surface area contributed by atoms with Gasteiger partial charge in [0.25, 0.3) is 0 Å². The molecule has 1 fully saturated rings. The number of ether oxygens (including phenoxy) is 1. The summed E-state index contributed by atoms with van der Waals surface area (Å²) < 4.78 is 5.24. The maximum atomic E-state index is 5.24. The molecule has 0 aromatic rings. The molecular weight excluding hydrogens is 186 g/mol. The molecule has 0 amide bonds. The van der Waals surface area contributed by atoms with Crippen molar-refractivity contribution in [2.75, 3.05) is 13.7 Å². The van der Waals surface area contributed by atoms with Gasteiger partial charge in [-0.3, -0.25) is 0 Å². The maximum Gasteiger partial charge on any atom is 0.0639 e. The Balaban J connectivity index is 2.36. The molecule has 2 heteroatoms. The van der Waals surface area contributed by atoms with Gasteiger partial charge in [0.1, 0.15) is 0 Å². The quantitative estimate of drug-likeness (QED) is 0.758. The van der Waals surface area contributed by atoms with Crippen LogP contribution in [0.4, 0.5) is 0 Å². The molecule has 0 radical (unpaired) electrons. The number of hydrogen-bond acceptors (Lipinski definition) is 2. The molecule has 1 aliphatic carbocycles. The molecule has 2 nitrogen and oxygen atoms in total. The van der Waals surface area contributed by atoms with Crippen molar-refractivity contribution in [2.45, 2.75) is 64.5 Å². The van der Waals surface area contributed by atoms with E-state index in [1.165, 1.54) is 32.1 Å². The molecule has 1 aliphatic rings. The average molecular weight is 213 g/mol. The number of nitrogens with one attached hydrogen (secondary N) is 1. The van der Waals surface area contributed by atoms with Crippen LogP contribution in [0.15, 0.2) is 0 Å². The molecule has 1 saturated carbocycles. The number of rotatable bonds is 5. The van der Waals surface area contributed by atoms with Gasteiger partial charge < -0.3 is 10.1 Å². The van der Waals surface area contributed by atoms with Crippen molar-refractivity contribution in [1.82, 2.24) is 5.32 Å². The van der Waals surface area contributed by atoms with Crippen molar-refractivity contribution >= 4 is 0 Å². The minimum atomic E-state index is 0.120. The Labute approximate surface area is 94.8 Å². The molecule has 0 aromatic carbocycles. The van der Waals surface area contributed by atoms with E-state index in [1.807, 2.05) is 0 Å². The predicted octanol–water partition coefficient (Wildman–Crippen LogP) is 2.97. The van der Waals surface area contributed by atoms with Gasteiger partial charge in [0.15, 0.2) is 0 Å². The topological polar surface area (TPSA) is 21.3 Å². The van der Waals surface area contributed by atoms with Crippen LogP contribution in [0.1, 0.15) is 52.9 Å². The summed E-state index contributed by atoms with van der Waals surface area (Å²) >= 11 is 0. The van der Waals surface area contributed by atoms with Crippen LogP contribution in [0.5, 0.6) is 0 Å². The van der Waals surface area contributed by atoms with Gasteiger partial charge in [-0.1, -0.05) is 26.2 Å². The second-order valence-corrected chi connectivity index (χ2v) is 5.60. The third-order valence-electron chi connectivity index (χ3n) is 3.46. The van der Waals surface area contributed by atoms with Crippen molar-refractivity contribution in [3.63, 3.8) is 0 Å². The summed E-state index contributed by atoms with van der Waals surface area (Å²) in [6, 6.07) is 0.703. The molecule has 0 saturated heterocycles. The molecule has 90 valence electrons. The lowest BCUT2D eigenvalue weighted by Gasteiger charge is -2.36. The zero-order valence-electron chi connectivity index (χ0n) is 10.8. The van der Waals surface area contributed by atoms with Crippen molar-refractivity contribution < 1.29 is 4.74 Å². The molecule has 0 aliphatic heterocycles. The highest BCUT2D eigenvalue weighted by atomic mass is 16.5. The van der Waals surface area contributed by atoms with Crippen molar-refractivity contribution in [3.8, 4) is 0 Å². The third-order valence-corrected chi connectivity index (χ3v) is 3.46. The van der Waals surface area contributed by atoms with Crippen LogP contribution in [-0.2, 0) is 4.74 Å². The lowest BCUT2D eigenvalue weighted by Crippen LogP contribution is -2.50. The van der Waals surface area contributed by atoms with E-state index in [9.17, 15) is 0 Å². The van der Waals surface area contributed by atoms with E-state index in [2.05, 4.69) is 26.1 Å². The summed E-state index contributed by atoms with van der Waals surface area (Å²) in [6.07, 6.45) is 6.84. The Morgan fingerprint density at radius 3 is 2.67 bits per heavy atom. The summed E-state index contributed by atoms with van der Waals surface area (Å²) in [5, 5.41) is 3.74. The normalized spacial score (nSPS) is 28.0. The average Bonchev–Trinajstić information content (AvgIpc) is 2.17. The zero-order chi connectivity index (χ0) is 11.3. The molecule has 0 spiro atoms. The molecule has 2 atom stereocenters. The van der Waals surface area contributed by atoms with Crippen LogP contribution >= 0.6 is 0 Å². The summed E-state index contributed by atoms with van der Waals surface area (Å²) in [5.41, 5.74) is 0.120. The highest BCUT2D eigenvalue weighted by Crippen LogP contribution is 2.27. The smallest absolute Gasteiger partial charge is 0.0639 e. The van der Waals surface area contributed by atoms with Crippen LogP contribution < -0.4 is 5.32 Å². The number of hydrogen-bond donors (Lipinski definition) is 1. The fourth-order valence-corrected chi connectivity index (χ4v) is 2.75. The Bertz CT molecular complexity index is 179. The lowest BCUT2D eigenvalue weighted by atomic mass is 9.83. The van der Waals surface area contributed by atoms with Crippen molar-refractivity contribution in [2.24, 2.45) is 5.92 Å². The fraction of sp³-hybridized carbons (Fsp3) is 1.00. The van der Waals surface area contributed by atoms with Crippen LogP contribution in [0.2, 0.25) is 0 Å². The van der Waals surface area contributed by atoms with E-state index in [0.29, 0.717) is 6.04 Å². The van der Waals surface area contributed by atoms with Crippen LogP contribution in [0.3, 0.4) is 0 Å². The van der Waals surface area contributed by atoms with Crippen molar-refractivity contribution in [3.05, 3.63) is 0 Å². The molecule has 1 N–H and O–H groups in total. The first-order valence-electron chi connectivity index (χ1n) is 6.34. The van der Waals surface area contributed by atoms with Crippen molar-refractivity contribution in [1.29, 1.82) is 0 Å². The summed E-state index contributed by atoms with van der Waals surface area (Å²) in [6.45, 7) is 7.56. The van der Waals surface area contributed by atoms with E-state index >= 15 is 0 Å².